The summed E-state index contributed by atoms with van der Waals surface area (Å²) in [4.78, 5) is 4.00. The van der Waals surface area contributed by atoms with Crippen LogP contribution in [-0.4, -0.2) is 14.8 Å². The lowest BCUT2D eigenvalue weighted by Crippen LogP contribution is -1.99. The van der Waals surface area contributed by atoms with E-state index in [1.165, 1.54) is 11.3 Å². The van der Waals surface area contributed by atoms with Crippen LogP contribution < -0.4 is 10.5 Å². The average Bonchev–Trinajstić information content (AvgIpc) is 2.76. The molecular weight excluding hydrogens is 212 g/mol. The van der Waals surface area contributed by atoms with Crippen LogP contribution in [0.15, 0.2) is 18.6 Å². The Balaban J connectivity index is 2.11. The number of nitrogens with two attached hydrogens (primary N) is 1. The van der Waals surface area contributed by atoms with Crippen LogP contribution in [0.4, 0.5) is 5.00 Å². The molecule has 0 spiro atoms. The highest BCUT2D eigenvalue weighted by molar-refractivity contribution is 7.17. The van der Waals surface area contributed by atoms with E-state index in [1.807, 2.05) is 10.9 Å². The molecule has 2 N–H and O–H groups in total. The Morgan fingerprint density at radius 3 is 2.80 bits per heavy atom. The van der Waals surface area contributed by atoms with Crippen molar-refractivity contribution in [2.45, 2.75) is 19.9 Å². The van der Waals surface area contributed by atoms with Crippen molar-refractivity contribution in [3.8, 4) is 10.9 Å². The number of thiazole rings is 1. The van der Waals surface area contributed by atoms with Gasteiger partial charge in [0.2, 0.25) is 0 Å². The van der Waals surface area contributed by atoms with Crippen LogP contribution in [0.5, 0.6) is 10.9 Å². The molecule has 0 amide bonds. The van der Waals surface area contributed by atoms with Crippen molar-refractivity contribution in [2.75, 3.05) is 5.73 Å². The summed E-state index contributed by atoms with van der Waals surface area (Å²) in [5, 5.41) is 5.33. The van der Waals surface area contributed by atoms with E-state index in [9.17, 15) is 0 Å². The van der Waals surface area contributed by atoms with Crippen molar-refractivity contribution in [1.82, 2.24) is 14.8 Å². The van der Waals surface area contributed by atoms with Crippen LogP contribution in [0.3, 0.4) is 0 Å². The zero-order chi connectivity index (χ0) is 10.8. The first-order valence-electron chi connectivity index (χ1n) is 4.58. The molecule has 0 radical (unpaired) electrons. The highest BCUT2D eigenvalue weighted by atomic mass is 32.1. The minimum Gasteiger partial charge on any atom is -0.427 e. The third-order valence-corrected chi connectivity index (χ3v) is 2.52. The molecule has 0 unspecified atom stereocenters. The van der Waals surface area contributed by atoms with Crippen LogP contribution in [0.2, 0.25) is 0 Å². The Bertz CT molecular complexity index is 448. The molecule has 2 rings (SSSR count). The minimum atomic E-state index is 0.323. The molecule has 0 saturated carbocycles. The standard InChI is InChI=1S/C9H12N4OS/c1-6(2)13-5-7(3-12-13)14-9-11-4-8(10)15-9/h3-6H,10H2,1-2H3. The molecule has 5 nitrogen and oxygen atoms in total. The van der Waals surface area contributed by atoms with E-state index in [1.54, 1.807) is 12.4 Å². The van der Waals surface area contributed by atoms with Crippen molar-refractivity contribution in [1.29, 1.82) is 0 Å². The van der Waals surface area contributed by atoms with Crippen molar-refractivity contribution in [3.63, 3.8) is 0 Å². The lowest BCUT2D eigenvalue weighted by molar-refractivity contribution is 0.473. The Morgan fingerprint density at radius 2 is 2.27 bits per heavy atom. The van der Waals surface area contributed by atoms with E-state index in [-0.39, 0.29) is 0 Å². The Hall–Kier alpha value is -1.56. The van der Waals surface area contributed by atoms with Crippen molar-refractivity contribution >= 4 is 16.3 Å². The third-order valence-electron chi connectivity index (χ3n) is 1.81. The predicted molar refractivity (Wildman–Crippen MR) is 59.2 cm³/mol. The Kier molecular flexibility index (Phi) is 2.59. The number of ether oxygens (including phenoxy) is 1. The molecule has 2 aromatic rings. The van der Waals surface area contributed by atoms with Gasteiger partial charge in [0.1, 0.15) is 5.00 Å². The number of hydrogen-bond donors (Lipinski definition) is 1. The fourth-order valence-corrected chi connectivity index (χ4v) is 1.62. The SMILES string of the molecule is CC(C)n1cc(Oc2ncc(N)s2)cn1. The van der Waals surface area contributed by atoms with Crippen molar-refractivity contribution < 1.29 is 4.74 Å². The summed E-state index contributed by atoms with van der Waals surface area (Å²) in [6.45, 7) is 4.11. The van der Waals surface area contributed by atoms with Gasteiger partial charge in [0.05, 0.1) is 18.6 Å². The molecule has 6 heteroatoms. The summed E-state index contributed by atoms with van der Waals surface area (Å²) in [6, 6.07) is 0.323. The summed E-state index contributed by atoms with van der Waals surface area (Å²) >= 11 is 1.31. The first kappa shape index (κ1) is 9.97. The fraction of sp³-hybridized carbons (Fsp3) is 0.333. The van der Waals surface area contributed by atoms with Crippen molar-refractivity contribution in [3.05, 3.63) is 18.6 Å². The predicted octanol–water partition coefficient (Wildman–Crippen LogP) is 2.29. The van der Waals surface area contributed by atoms with Crippen LogP contribution in [0.1, 0.15) is 19.9 Å². The number of anilines is 1. The number of aromatic nitrogens is 3. The maximum Gasteiger partial charge on any atom is 0.280 e. The van der Waals surface area contributed by atoms with Gasteiger partial charge in [-0.15, -0.1) is 0 Å². The number of nitrogens with zero attached hydrogens (tertiary/aromatic N) is 3. The quantitative estimate of drug-likeness (QED) is 0.868. The third kappa shape index (κ3) is 2.27. The first-order valence-corrected chi connectivity index (χ1v) is 5.40. The average molecular weight is 224 g/mol. The fourth-order valence-electron chi connectivity index (χ4n) is 1.07. The molecule has 0 fully saturated rings. The van der Waals surface area contributed by atoms with Gasteiger partial charge in [0.25, 0.3) is 5.19 Å². The van der Waals surface area contributed by atoms with Gasteiger partial charge in [-0.3, -0.25) is 4.68 Å². The number of rotatable bonds is 3. The van der Waals surface area contributed by atoms with Crippen LogP contribution in [0.25, 0.3) is 0 Å². The molecule has 2 heterocycles. The van der Waals surface area contributed by atoms with Crippen molar-refractivity contribution in [2.24, 2.45) is 0 Å². The second-order valence-corrected chi connectivity index (χ2v) is 4.41. The molecule has 0 aromatic carbocycles. The molecule has 2 aromatic heterocycles. The van der Waals surface area contributed by atoms with Gasteiger partial charge < -0.3 is 10.5 Å². The van der Waals surface area contributed by atoms with Gasteiger partial charge in [-0.2, -0.15) is 5.10 Å². The summed E-state index contributed by atoms with van der Waals surface area (Å²) in [7, 11) is 0. The number of hydrogen-bond acceptors (Lipinski definition) is 5. The van der Waals surface area contributed by atoms with E-state index in [0.29, 0.717) is 22.0 Å². The van der Waals surface area contributed by atoms with E-state index < -0.39 is 0 Å². The highest BCUT2D eigenvalue weighted by Crippen LogP contribution is 2.27. The van der Waals surface area contributed by atoms with Gasteiger partial charge in [-0.1, -0.05) is 11.3 Å². The van der Waals surface area contributed by atoms with E-state index in [2.05, 4.69) is 23.9 Å². The zero-order valence-electron chi connectivity index (χ0n) is 8.54. The topological polar surface area (TPSA) is 66.0 Å². The highest BCUT2D eigenvalue weighted by Gasteiger charge is 2.06. The molecule has 0 saturated heterocycles. The normalized spacial score (nSPS) is 10.9. The smallest absolute Gasteiger partial charge is 0.280 e. The Morgan fingerprint density at radius 1 is 1.47 bits per heavy atom. The lowest BCUT2D eigenvalue weighted by atomic mass is 10.4. The second-order valence-electron chi connectivity index (χ2n) is 3.38. The second kappa shape index (κ2) is 3.90. The van der Waals surface area contributed by atoms with Crippen LogP contribution in [-0.2, 0) is 0 Å². The monoisotopic (exact) mass is 224 g/mol. The van der Waals surface area contributed by atoms with E-state index in [0.717, 1.165) is 0 Å². The summed E-state index contributed by atoms with van der Waals surface area (Å²) in [5.74, 6) is 0.679. The van der Waals surface area contributed by atoms with Gasteiger partial charge >= 0.3 is 0 Å². The minimum absolute atomic E-state index is 0.323. The summed E-state index contributed by atoms with van der Waals surface area (Å²) in [6.07, 6.45) is 5.08. The largest absolute Gasteiger partial charge is 0.427 e. The molecule has 0 bridgehead atoms. The first-order chi connectivity index (χ1) is 7.15. The van der Waals surface area contributed by atoms with Gasteiger partial charge in [-0.05, 0) is 13.8 Å². The molecule has 0 atom stereocenters. The maximum absolute atomic E-state index is 5.54. The Labute approximate surface area is 91.5 Å². The number of nitrogen functional groups attached to an aromatic ring is 1. The molecule has 0 aliphatic carbocycles. The van der Waals surface area contributed by atoms with Crippen LogP contribution >= 0.6 is 11.3 Å². The van der Waals surface area contributed by atoms with E-state index in [4.69, 9.17) is 10.5 Å². The van der Waals surface area contributed by atoms with E-state index >= 15 is 0 Å². The molecule has 0 aliphatic heterocycles. The molecule has 80 valence electrons. The molecule has 15 heavy (non-hydrogen) atoms. The molecular formula is C9H12N4OS. The van der Waals surface area contributed by atoms with Gasteiger partial charge in [-0.25, -0.2) is 4.98 Å². The maximum atomic E-state index is 5.54. The van der Waals surface area contributed by atoms with Gasteiger partial charge in [0, 0.05) is 6.04 Å². The van der Waals surface area contributed by atoms with Crippen LogP contribution in [0, 0.1) is 0 Å². The lowest BCUT2D eigenvalue weighted by Gasteiger charge is -2.02. The molecule has 0 aliphatic rings. The summed E-state index contributed by atoms with van der Waals surface area (Å²) in [5.41, 5.74) is 5.54. The zero-order valence-corrected chi connectivity index (χ0v) is 9.36. The van der Waals surface area contributed by atoms with Gasteiger partial charge in [0.15, 0.2) is 5.75 Å². The summed E-state index contributed by atoms with van der Waals surface area (Å²) < 4.78 is 7.30.